The Bertz CT molecular complexity index is 408. The van der Waals surface area contributed by atoms with Crippen LogP contribution in [0.4, 0.5) is 0 Å². The van der Waals surface area contributed by atoms with Crippen LogP contribution in [-0.4, -0.2) is 19.6 Å². The number of rotatable bonds is 3. The lowest BCUT2D eigenvalue weighted by Gasteiger charge is -2.07. The van der Waals surface area contributed by atoms with E-state index in [1.54, 1.807) is 18.7 Å². The van der Waals surface area contributed by atoms with Crippen molar-refractivity contribution in [3.8, 4) is 5.69 Å². The van der Waals surface area contributed by atoms with Crippen LogP contribution >= 0.6 is 0 Å². The highest BCUT2D eigenvalue weighted by Crippen LogP contribution is 2.14. The summed E-state index contributed by atoms with van der Waals surface area (Å²) in [5.74, 6) is 0. The molecule has 15 heavy (non-hydrogen) atoms. The molecule has 0 saturated heterocycles. The van der Waals surface area contributed by atoms with Crippen molar-refractivity contribution in [3.05, 3.63) is 42.7 Å². The fourth-order valence-electron chi connectivity index (χ4n) is 1.37. The summed E-state index contributed by atoms with van der Waals surface area (Å²) in [5.41, 5.74) is 1.65. The van der Waals surface area contributed by atoms with Crippen molar-refractivity contribution in [2.45, 2.75) is 19.4 Å². The van der Waals surface area contributed by atoms with E-state index in [0.717, 1.165) is 5.69 Å². The monoisotopic (exact) mass is 203 g/mol. The Balaban J connectivity index is 2.25. The zero-order valence-electron chi connectivity index (χ0n) is 8.54. The molecule has 0 aliphatic carbocycles. The Morgan fingerprint density at radius 2 is 2.33 bits per heavy atom. The van der Waals surface area contributed by atoms with Crippen LogP contribution in [-0.2, 0) is 0 Å². The Hall–Kier alpha value is -1.68. The molecule has 0 aromatic carbocycles. The van der Waals surface area contributed by atoms with Gasteiger partial charge in [-0.1, -0.05) is 6.92 Å². The molecular formula is C11H13N3O. The molecule has 0 bridgehead atoms. The van der Waals surface area contributed by atoms with E-state index >= 15 is 0 Å². The van der Waals surface area contributed by atoms with Crippen molar-refractivity contribution < 1.29 is 5.11 Å². The van der Waals surface area contributed by atoms with Gasteiger partial charge in [-0.3, -0.25) is 4.98 Å². The molecule has 0 aliphatic rings. The third kappa shape index (κ3) is 2.05. The minimum Gasteiger partial charge on any atom is -0.387 e. The molecule has 2 aromatic heterocycles. The highest BCUT2D eigenvalue weighted by Gasteiger charge is 2.05. The number of imidazole rings is 1. The Kier molecular flexibility index (Phi) is 2.78. The smallest absolute Gasteiger partial charge is 0.0992 e. The van der Waals surface area contributed by atoms with E-state index in [1.165, 1.54) is 0 Å². The maximum Gasteiger partial charge on any atom is 0.0992 e. The number of hydrogen-bond acceptors (Lipinski definition) is 3. The Labute approximate surface area is 88.2 Å². The second kappa shape index (κ2) is 4.23. The minimum absolute atomic E-state index is 0.471. The van der Waals surface area contributed by atoms with Crippen LogP contribution in [0.2, 0.25) is 0 Å². The fourth-order valence-corrected chi connectivity index (χ4v) is 1.37. The van der Waals surface area contributed by atoms with E-state index in [4.69, 9.17) is 0 Å². The summed E-state index contributed by atoms with van der Waals surface area (Å²) in [6, 6.07) is 3.76. The van der Waals surface area contributed by atoms with Crippen LogP contribution in [0.15, 0.2) is 37.1 Å². The molecule has 1 unspecified atom stereocenters. The maximum atomic E-state index is 9.57. The van der Waals surface area contributed by atoms with Gasteiger partial charge in [0, 0.05) is 12.4 Å². The van der Waals surface area contributed by atoms with Gasteiger partial charge < -0.3 is 9.67 Å². The van der Waals surface area contributed by atoms with Crippen molar-refractivity contribution in [3.63, 3.8) is 0 Å². The molecule has 4 nitrogen and oxygen atoms in total. The average Bonchev–Trinajstić information content (AvgIpc) is 2.82. The second-order valence-corrected chi connectivity index (χ2v) is 3.34. The van der Waals surface area contributed by atoms with Crippen LogP contribution in [0.1, 0.15) is 25.1 Å². The molecule has 4 heteroatoms. The van der Waals surface area contributed by atoms with E-state index < -0.39 is 6.10 Å². The van der Waals surface area contributed by atoms with E-state index in [2.05, 4.69) is 9.97 Å². The first-order chi connectivity index (χ1) is 7.31. The molecule has 0 fully saturated rings. The molecule has 2 rings (SSSR count). The zero-order chi connectivity index (χ0) is 10.7. The average molecular weight is 203 g/mol. The third-order valence-electron chi connectivity index (χ3n) is 2.30. The van der Waals surface area contributed by atoms with Gasteiger partial charge in [0.05, 0.1) is 30.0 Å². The van der Waals surface area contributed by atoms with Gasteiger partial charge in [0.15, 0.2) is 0 Å². The largest absolute Gasteiger partial charge is 0.387 e. The number of aromatic nitrogens is 3. The molecule has 0 spiro atoms. The van der Waals surface area contributed by atoms with E-state index in [0.29, 0.717) is 12.1 Å². The summed E-state index contributed by atoms with van der Waals surface area (Å²) in [6.07, 6.45) is 7.23. The number of nitrogens with zero attached hydrogens (tertiary/aromatic N) is 3. The Morgan fingerprint density at radius 3 is 2.87 bits per heavy atom. The highest BCUT2D eigenvalue weighted by molar-refractivity contribution is 5.29. The van der Waals surface area contributed by atoms with E-state index in [9.17, 15) is 5.11 Å². The van der Waals surface area contributed by atoms with Crippen molar-refractivity contribution in [1.82, 2.24) is 14.5 Å². The first-order valence-electron chi connectivity index (χ1n) is 4.93. The van der Waals surface area contributed by atoms with Gasteiger partial charge in [0.1, 0.15) is 0 Å². The lowest BCUT2D eigenvalue weighted by atomic mass is 10.2. The van der Waals surface area contributed by atoms with Gasteiger partial charge >= 0.3 is 0 Å². The number of aliphatic hydroxyl groups excluding tert-OH is 1. The number of pyridine rings is 1. The van der Waals surface area contributed by atoms with Crippen molar-refractivity contribution in [2.75, 3.05) is 0 Å². The van der Waals surface area contributed by atoms with Crippen LogP contribution in [0, 0.1) is 0 Å². The van der Waals surface area contributed by atoms with Crippen LogP contribution in [0.5, 0.6) is 0 Å². The third-order valence-corrected chi connectivity index (χ3v) is 2.30. The molecule has 1 atom stereocenters. The SMILES string of the molecule is CCC(O)c1ccc(-n2ccnc2)cn1. The Morgan fingerprint density at radius 1 is 1.47 bits per heavy atom. The molecule has 2 heterocycles. The van der Waals surface area contributed by atoms with Gasteiger partial charge in [-0.25, -0.2) is 4.98 Å². The minimum atomic E-state index is -0.471. The summed E-state index contributed by atoms with van der Waals surface area (Å²) in [5, 5.41) is 9.57. The molecule has 1 N–H and O–H groups in total. The van der Waals surface area contributed by atoms with Crippen LogP contribution in [0.25, 0.3) is 5.69 Å². The molecular weight excluding hydrogens is 190 g/mol. The predicted octanol–water partition coefficient (Wildman–Crippen LogP) is 1.71. The van der Waals surface area contributed by atoms with Gasteiger partial charge in [0.25, 0.3) is 0 Å². The second-order valence-electron chi connectivity index (χ2n) is 3.34. The van der Waals surface area contributed by atoms with Gasteiger partial charge in [-0.15, -0.1) is 0 Å². The van der Waals surface area contributed by atoms with Crippen molar-refractivity contribution in [1.29, 1.82) is 0 Å². The quantitative estimate of drug-likeness (QED) is 0.826. The fraction of sp³-hybridized carbons (Fsp3) is 0.273. The topological polar surface area (TPSA) is 50.9 Å². The van der Waals surface area contributed by atoms with E-state index in [-0.39, 0.29) is 0 Å². The lowest BCUT2D eigenvalue weighted by Crippen LogP contribution is -2.00. The molecule has 0 aliphatic heterocycles. The summed E-state index contributed by atoms with van der Waals surface area (Å²) < 4.78 is 1.87. The molecule has 0 saturated carbocycles. The number of aliphatic hydroxyl groups is 1. The summed E-state index contributed by atoms with van der Waals surface area (Å²) >= 11 is 0. The van der Waals surface area contributed by atoms with Crippen LogP contribution < -0.4 is 0 Å². The maximum absolute atomic E-state index is 9.57. The summed E-state index contributed by atoms with van der Waals surface area (Å²) in [7, 11) is 0. The van der Waals surface area contributed by atoms with Gasteiger partial charge in [-0.2, -0.15) is 0 Å². The number of hydrogen-bond donors (Lipinski definition) is 1. The molecule has 0 amide bonds. The molecule has 0 radical (unpaired) electrons. The highest BCUT2D eigenvalue weighted by atomic mass is 16.3. The predicted molar refractivity (Wildman–Crippen MR) is 56.6 cm³/mol. The van der Waals surface area contributed by atoms with Crippen molar-refractivity contribution >= 4 is 0 Å². The lowest BCUT2D eigenvalue weighted by molar-refractivity contribution is 0.169. The summed E-state index contributed by atoms with van der Waals surface area (Å²) in [6.45, 7) is 1.93. The molecule has 2 aromatic rings. The van der Waals surface area contributed by atoms with Gasteiger partial charge in [0.2, 0.25) is 0 Å². The van der Waals surface area contributed by atoms with E-state index in [1.807, 2.05) is 29.8 Å². The first-order valence-corrected chi connectivity index (χ1v) is 4.93. The molecule has 78 valence electrons. The standard InChI is InChI=1S/C11H13N3O/c1-2-11(15)10-4-3-9(7-13-10)14-6-5-12-8-14/h3-8,11,15H,2H2,1H3. The zero-order valence-corrected chi connectivity index (χ0v) is 8.54. The van der Waals surface area contributed by atoms with Crippen LogP contribution in [0.3, 0.4) is 0 Å². The normalized spacial score (nSPS) is 12.7. The van der Waals surface area contributed by atoms with Gasteiger partial charge in [-0.05, 0) is 18.6 Å². The first kappa shape index (κ1) is 9.86. The summed E-state index contributed by atoms with van der Waals surface area (Å²) in [4.78, 5) is 8.16. The van der Waals surface area contributed by atoms with Crippen molar-refractivity contribution in [2.24, 2.45) is 0 Å².